The zero-order valence-corrected chi connectivity index (χ0v) is 22.6. The van der Waals surface area contributed by atoms with Crippen LogP contribution in [0.1, 0.15) is 44.7 Å². The number of hydrogen-bond acceptors (Lipinski definition) is 8. The van der Waals surface area contributed by atoms with Gasteiger partial charge in [0, 0.05) is 18.9 Å². The molecule has 0 saturated carbocycles. The zero-order valence-electron chi connectivity index (χ0n) is 22.6. The van der Waals surface area contributed by atoms with Crippen molar-refractivity contribution < 1.29 is 24.2 Å². The summed E-state index contributed by atoms with van der Waals surface area (Å²) in [6.45, 7) is 7.28. The van der Waals surface area contributed by atoms with Crippen LogP contribution in [0.5, 0.6) is 11.6 Å². The molecule has 2 aromatic heterocycles. The summed E-state index contributed by atoms with van der Waals surface area (Å²) in [6, 6.07) is 12.9. The molecule has 206 valence electrons. The Labute approximate surface area is 228 Å². The van der Waals surface area contributed by atoms with Crippen molar-refractivity contribution in [2.45, 2.75) is 52.6 Å². The molecule has 1 aromatic carbocycles. The topological polar surface area (TPSA) is 127 Å². The molecule has 1 atom stereocenters. The second-order valence-electron chi connectivity index (χ2n) is 10.2. The minimum Gasteiger partial charge on any atom is -0.488 e. The van der Waals surface area contributed by atoms with E-state index >= 15 is 0 Å². The number of piperidine rings is 1. The van der Waals surface area contributed by atoms with Gasteiger partial charge >= 0.3 is 5.97 Å². The molecule has 0 spiro atoms. The van der Waals surface area contributed by atoms with E-state index in [4.69, 9.17) is 9.47 Å². The van der Waals surface area contributed by atoms with Crippen LogP contribution in [0.25, 0.3) is 0 Å². The van der Waals surface area contributed by atoms with Crippen LogP contribution in [-0.4, -0.2) is 57.7 Å². The number of amides is 1. The van der Waals surface area contributed by atoms with Gasteiger partial charge in [0.1, 0.15) is 11.9 Å². The lowest BCUT2D eigenvalue weighted by Gasteiger charge is -2.33. The fraction of sp³-hybridized carbons (Fsp3) is 0.414. The third-order valence-electron chi connectivity index (χ3n) is 6.52. The molecule has 0 bridgehead atoms. The van der Waals surface area contributed by atoms with Crippen molar-refractivity contribution in [3.63, 3.8) is 0 Å². The van der Waals surface area contributed by atoms with Gasteiger partial charge in [-0.2, -0.15) is 4.98 Å². The van der Waals surface area contributed by atoms with Crippen molar-refractivity contribution >= 4 is 23.6 Å². The molecule has 10 heteroatoms. The molecule has 1 saturated heterocycles. The summed E-state index contributed by atoms with van der Waals surface area (Å²) in [7, 11) is 0. The van der Waals surface area contributed by atoms with E-state index in [2.05, 4.69) is 25.2 Å². The van der Waals surface area contributed by atoms with E-state index in [0.29, 0.717) is 37.0 Å². The van der Waals surface area contributed by atoms with E-state index in [1.807, 2.05) is 49.4 Å². The second kappa shape index (κ2) is 12.6. The van der Waals surface area contributed by atoms with Crippen molar-refractivity contribution in [3.8, 4) is 11.6 Å². The average Bonchev–Trinajstić information content (AvgIpc) is 2.91. The van der Waals surface area contributed by atoms with Gasteiger partial charge in [-0.05, 0) is 69.4 Å². The van der Waals surface area contributed by atoms with Crippen LogP contribution in [0.4, 0.5) is 11.8 Å². The molecule has 4 rings (SSSR count). The minimum atomic E-state index is -0.855. The molecule has 1 aliphatic rings. The number of hydrogen-bond donors (Lipinski definition) is 2. The Hall–Kier alpha value is -4.21. The van der Waals surface area contributed by atoms with E-state index in [-0.39, 0.29) is 24.4 Å². The highest BCUT2D eigenvalue weighted by Gasteiger charge is 2.27. The quantitative estimate of drug-likeness (QED) is 0.374. The van der Waals surface area contributed by atoms with Gasteiger partial charge in [-0.15, -0.1) is 0 Å². The Morgan fingerprint density at radius 3 is 2.62 bits per heavy atom. The lowest BCUT2D eigenvalue weighted by Crippen LogP contribution is -2.41. The van der Waals surface area contributed by atoms with Crippen LogP contribution >= 0.6 is 0 Å². The molecule has 10 nitrogen and oxygen atoms in total. The first kappa shape index (κ1) is 27.8. The molecular weight excluding hydrogens is 498 g/mol. The van der Waals surface area contributed by atoms with Crippen molar-refractivity contribution in [1.29, 1.82) is 0 Å². The van der Waals surface area contributed by atoms with E-state index in [1.54, 1.807) is 26.2 Å². The number of carbonyl (C=O) groups excluding carboxylic acids is 1. The third kappa shape index (κ3) is 7.66. The fourth-order valence-corrected chi connectivity index (χ4v) is 4.43. The molecule has 1 amide bonds. The Balaban J connectivity index is 1.34. The van der Waals surface area contributed by atoms with Gasteiger partial charge in [0.05, 0.1) is 25.0 Å². The monoisotopic (exact) mass is 533 g/mol. The Morgan fingerprint density at radius 2 is 1.87 bits per heavy atom. The Morgan fingerprint density at radius 1 is 1.10 bits per heavy atom. The average molecular weight is 534 g/mol. The Kier molecular flexibility index (Phi) is 8.96. The normalized spacial score (nSPS) is 15.5. The van der Waals surface area contributed by atoms with Crippen molar-refractivity contribution in [2.75, 3.05) is 29.9 Å². The SMILES string of the molecule is CCOc1cccnc1O[C@@H]1CCCN(c2ccnc(NC(=O)Cc3ccc(CC(C)(C)C(=O)O)cc3)n2)C1. The summed E-state index contributed by atoms with van der Waals surface area (Å²) in [5.74, 6) is 0.992. The number of anilines is 2. The number of carboxylic acid groups (broad SMARTS) is 1. The van der Waals surface area contributed by atoms with Crippen LogP contribution in [0, 0.1) is 5.41 Å². The van der Waals surface area contributed by atoms with Crippen LogP contribution in [0.15, 0.2) is 54.9 Å². The zero-order chi connectivity index (χ0) is 27.8. The molecule has 3 aromatic rings. The molecule has 2 N–H and O–H groups in total. The van der Waals surface area contributed by atoms with Gasteiger partial charge in [-0.3, -0.25) is 14.9 Å². The van der Waals surface area contributed by atoms with Crippen molar-refractivity contribution in [3.05, 3.63) is 66.0 Å². The van der Waals surface area contributed by atoms with E-state index in [0.717, 1.165) is 30.5 Å². The summed E-state index contributed by atoms with van der Waals surface area (Å²) >= 11 is 0. The molecule has 3 heterocycles. The number of aliphatic carboxylic acids is 1. The maximum Gasteiger partial charge on any atom is 0.309 e. The molecule has 0 radical (unpaired) electrons. The number of rotatable bonds is 11. The van der Waals surface area contributed by atoms with Crippen LogP contribution in [0.2, 0.25) is 0 Å². The first-order valence-corrected chi connectivity index (χ1v) is 13.2. The van der Waals surface area contributed by atoms with Gasteiger partial charge in [0.25, 0.3) is 5.88 Å². The lowest BCUT2D eigenvalue weighted by atomic mass is 9.86. The smallest absolute Gasteiger partial charge is 0.309 e. The largest absolute Gasteiger partial charge is 0.488 e. The van der Waals surface area contributed by atoms with Crippen LogP contribution in [-0.2, 0) is 22.4 Å². The highest BCUT2D eigenvalue weighted by molar-refractivity contribution is 5.90. The number of nitrogens with one attached hydrogen (secondary N) is 1. The summed E-state index contributed by atoms with van der Waals surface area (Å²) in [6.07, 6.45) is 5.62. The summed E-state index contributed by atoms with van der Waals surface area (Å²) in [5, 5.41) is 12.1. The molecule has 0 unspecified atom stereocenters. The molecule has 1 fully saturated rings. The van der Waals surface area contributed by atoms with Gasteiger partial charge < -0.3 is 19.5 Å². The number of pyridine rings is 1. The summed E-state index contributed by atoms with van der Waals surface area (Å²) in [4.78, 5) is 39.3. The number of carboxylic acids is 1. The third-order valence-corrected chi connectivity index (χ3v) is 6.52. The molecule has 0 aliphatic carbocycles. The minimum absolute atomic E-state index is 0.0788. The van der Waals surface area contributed by atoms with E-state index in [9.17, 15) is 14.7 Å². The van der Waals surface area contributed by atoms with Crippen LogP contribution in [0.3, 0.4) is 0 Å². The predicted octanol–water partition coefficient (Wildman–Crippen LogP) is 4.15. The standard InChI is InChI=1S/C29H35N5O5/c1-4-38-23-8-5-14-30-26(23)39-22-7-6-16-34(19-22)24-13-15-31-28(32-24)33-25(35)17-20-9-11-21(12-10-20)18-29(2,3)27(36)37/h5,8-15,22H,4,6-7,16-19H2,1-3H3,(H,36,37)(H,31,32,33,35)/t22-/m1/s1. The fourth-order valence-electron chi connectivity index (χ4n) is 4.43. The van der Waals surface area contributed by atoms with Crippen molar-refractivity contribution in [1.82, 2.24) is 15.0 Å². The number of carbonyl (C=O) groups is 2. The van der Waals surface area contributed by atoms with E-state index in [1.165, 1.54) is 0 Å². The van der Waals surface area contributed by atoms with Crippen molar-refractivity contribution in [2.24, 2.45) is 5.41 Å². The van der Waals surface area contributed by atoms with Gasteiger partial charge in [0.2, 0.25) is 11.9 Å². The lowest BCUT2D eigenvalue weighted by molar-refractivity contribution is -0.146. The maximum atomic E-state index is 12.7. The molecule has 39 heavy (non-hydrogen) atoms. The van der Waals surface area contributed by atoms with Crippen LogP contribution < -0.4 is 19.7 Å². The first-order chi connectivity index (χ1) is 18.7. The molecule has 1 aliphatic heterocycles. The molecular formula is C29H35N5O5. The number of ether oxygens (including phenoxy) is 2. The first-order valence-electron chi connectivity index (χ1n) is 13.2. The predicted molar refractivity (Wildman–Crippen MR) is 147 cm³/mol. The van der Waals surface area contributed by atoms with Gasteiger partial charge in [-0.25, -0.2) is 9.97 Å². The highest BCUT2D eigenvalue weighted by Crippen LogP contribution is 2.28. The van der Waals surface area contributed by atoms with E-state index < -0.39 is 11.4 Å². The summed E-state index contributed by atoms with van der Waals surface area (Å²) in [5.41, 5.74) is 0.869. The number of nitrogens with zero attached hydrogens (tertiary/aromatic N) is 4. The maximum absolute atomic E-state index is 12.7. The second-order valence-corrected chi connectivity index (χ2v) is 10.2. The Bertz CT molecular complexity index is 1280. The van der Waals surface area contributed by atoms with Gasteiger partial charge in [0.15, 0.2) is 5.75 Å². The summed E-state index contributed by atoms with van der Waals surface area (Å²) < 4.78 is 11.8. The number of benzene rings is 1. The highest BCUT2D eigenvalue weighted by atomic mass is 16.5. The number of aromatic nitrogens is 3. The van der Waals surface area contributed by atoms with Gasteiger partial charge in [-0.1, -0.05) is 24.3 Å².